The van der Waals surface area contributed by atoms with Gasteiger partial charge in [-0.05, 0) is 37.3 Å². The molecule has 0 aromatic heterocycles. The van der Waals surface area contributed by atoms with Gasteiger partial charge in [0.05, 0.1) is 17.9 Å². The summed E-state index contributed by atoms with van der Waals surface area (Å²) in [4.78, 5) is 27.1. The molecule has 180 valence electrons. The highest BCUT2D eigenvalue weighted by molar-refractivity contribution is 8.00. The summed E-state index contributed by atoms with van der Waals surface area (Å²) >= 11 is 1.27. The van der Waals surface area contributed by atoms with E-state index in [4.69, 9.17) is 4.74 Å². The summed E-state index contributed by atoms with van der Waals surface area (Å²) < 4.78 is 33.2. The number of hydrogen-bond donors (Lipinski definition) is 1. The van der Waals surface area contributed by atoms with Crippen molar-refractivity contribution in [2.75, 3.05) is 44.9 Å². The zero-order valence-electron chi connectivity index (χ0n) is 19.6. The minimum atomic E-state index is -3.80. The number of hydrogen-bond acceptors (Lipinski definition) is 6. The van der Waals surface area contributed by atoms with Gasteiger partial charge in [0.1, 0.15) is 10.6 Å². The maximum Gasteiger partial charge on any atom is 0.256 e. The molecule has 2 aromatic rings. The SMILES string of the molecule is CCOc1ccc(NC(=O)c2ccccc2SCC(=O)N(C)C)cc1S(=O)(=O)N(CC)CC. The number of amides is 2. The Hall–Kier alpha value is -2.56. The first-order valence-corrected chi connectivity index (χ1v) is 13.1. The lowest BCUT2D eigenvalue weighted by molar-refractivity contribution is -0.125. The predicted octanol–water partition coefficient (Wildman–Crippen LogP) is 3.55. The van der Waals surface area contributed by atoms with Crippen LogP contribution in [0.2, 0.25) is 0 Å². The molecule has 0 radical (unpaired) electrons. The van der Waals surface area contributed by atoms with Gasteiger partial charge < -0.3 is 15.0 Å². The average molecular weight is 494 g/mol. The number of nitrogens with zero attached hydrogens (tertiary/aromatic N) is 2. The van der Waals surface area contributed by atoms with Gasteiger partial charge in [0, 0.05) is 37.8 Å². The number of carbonyl (C=O) groups excluding carboxylic acids is 2. The first-order chi connectivity index (χ1) is 15.6. The van der Waals surface area contributed by atoms with Crippen LogP contribution in [0, 0.1) is 0 Å². The Labute approximate surface area is 200 Å². The van der Waals surface area contributed by atoms with E-state index in [0.29, 0.717) is 35.8 Å². The van der Waals surface area contributed by atoms with E-state index in [1.165, 1.54) is 27.0 Å². The highest BCUT2D eigenvalue weighted by atomic mass is 32.2. The van der Waals surface area contributed by atoms with Crippen molar-refractivity contribution in [3.63, 3.8) is 0 Å². The van der Waals surface area contributed by atoms with E-state index in [0.717, 1.165) is 0 Å². The van der Waals surface area contributed by atoms with Crippen molar-refractivity contribution in [2.45, 2.75) is 30.6 Å². The normalized spacial score (nSPS) is 11.3. The molecule has 0 atom stereocenters. The van der Waals surface area contributed by atoms with Crippen molar-refractivity contribution in [3.8, 4) is 5.75 Å². The molecule has 0 aliphatic heterocycles. The Kier molecular flexibility index (Phi) is 9.75. The number of carbonyl (C=O) groups is 2. The van der Waals surface area contributed by atoms with E-state index in [9.17, 15) is 18.0 Å². The maximum atomic E-state index is 13.2. The van der Waals surface area contributed by atoms with Gasteiger partial charge in [0.25, 0.3) is 5.91 Å². The van der Waals surface area contributed by atoms with Crippen LogP contribution in [0.4, 0.5) is 5.69 Å². The first-order valence-electron chi connectivity index (χ1n) is 10.7. The van der Waals surface area contributed by atoms with Crippen molar-refractivity contribution in [1.82, 2.24) is 9.21 Å². The van der Waals surface area contributed by atoms with E-state index in [1.54, 1.807) is 71.3 Å². The Balaban J connectivity index is 2.35. The number of anilines is 1. The summed E-state index contributed by atoms with van der Waals surface area (Å²) in [6.07, 6.45) is 0. The van der Waals surface area contributed by atoms with Crippen LogP contribution in [0.25, 0.3) is 0 Å². The van der Waals surface area contributed by atoms with Gasteiger partial charge in [-0.25, -0.2) is 8.42 Å². The largest absolute Gasteiger partial charge is 0.492 e. The van der Waals surface area contributed by atoms with Gasteiger partial charge in [0.15, 0.2) is 0 Å². The van der Waals surface area contributed by atoms with E-state index >= 15 is 0 Å². The third-order valence-corrected chi connectivity index (χ3v) is 7.94. The molecule has 2 rings (SSSR count). The van der Waals surface area contributed by atoms with E-state index in [1.807, 2.05) is 0 Å². The lowest BCUT2D eigenvalue weighted by atomic mass is 10.2. The summed E-state index contributed by atoms with van der Waals surface area (Å²) in [6.45, 7) is 6.25. The standard InChI is InChI=1S/C23H31N3O5S2/c1-6-26(7-2)33(29,30)21-15-17(13-14-19(21)31-8-3)24-23(28)18-11-9-10-12-20(18)32-16-22(27)25(4)5/h9-15H,6-8,16H2,1-5H3,(H,24,28). The Bertz CT molecular complexity index is 1080. The third kappa shape index (κ3) is 6.72. The topological polar surface area (TPSA) is 96.0 Å². The highest BCUT2D eigenvalue weighted by Crippen LogP contribution is 2.31. The van der Waals surface area contributed by atoms with Gasteiger partial charge in [-0.2, -0.15) is 4.31 Å². The number of rotatable bonds is 11. The molecule has 0 saturated carbocycles. The smallest absolute Gasteiger partial charge is 0.256 e. The number of benzene rings is 2. The Morgan fingerprint density at radius 1 is 1.03 bits per heavy atom. The summed E-state index contributed by atoms with van der Waals surface area (Å²) in [6, 6.07) is 11.5. The Morgan fingerprint density at radius 3 is 2.30 bits per heavy atom. The third-order valence-electron chi connectivity index (χ3n) is 4.81. The molecule has 33 heavy (non-hydrogen) atoms. The molecule has 2 aromatic carbocycles. The van der Waals surface area contributed by atoms with Gasteiger partial charge >= 0.3 is 0 Å². The molecule has 0 bridgehead atoms. The van der Waals surface area contributed by atoms with Crippen molar-refractivity contribution >= 4 is 39.3 Å². The van der Waals surface area contributed by atoms with Crippen molar-refractivity contribution in [2.24, 2.45) is 0 Å². The molecular weight excluding hydrogens is 462 g/mol. The molecule has 0 aliphatic carbocycles. The fourth-order valence-corrected chi connectivity index (χ4v) is 5.66. The van der Waals surface area contributed by atoms with E-state index in [2.05, 4.69) is 5.32 Å². The number of thioether (sulfide) groups is 1. The van der Waals surface area contributed by atoms with E-state index < -0.39 is 15.9 Å². The van der Waals surface area contributed by atoms with Crippen LogP contribution in [-0.4, -0.2) is 69.0 Å². The lowest BCUT2D eigenvalue weighted by Crippen LogP contribution is -2.31. The molecule has 10 heteroatoms. The highest BCUT2D eigenvalue weighted by Gasteiger charge is 2.26. The van der Waals surface area contributed by atoms with Gasteiger partial charge in [-0.15, -0.1) is 11.8 Å². The van der Waals surface area contributed by atoms with Crippen molar-refractivity contribution in [1.29, 1.82) is 0 Å². The molecule has 2 amide bonds. The summed E-state index contributed by atoms with van der Waals surface area (Å²) in [5.41, 5.74) is 0.731. The second-order valence-electron chi connectivity index (χ2n) is 7.21. The van der Waals surface area contributed by atoms with Crippen molar-refractivity contribution < 1.29 is 22.7 Å². The summed E-state index contributed by atoms with van der Waals surface area (Å²) in [5, 5.41) is 2.78. The van der Waals surface area contributed by atoms with Gasteiger partial charge in [-0.1, -0.05) is 26.0 Å². The van der Waals surface area contributed by atoms with Gasteiger partial charge in [-0.3, -0.25) is 9.59 Å². The van der Waals surface area contributed by atoms with E-state index in [-0.39, 0.29) is 22.3 Å². The molecule has 0 spiro atoms. The van der Waals surface area contributed by atoms with Crippen LogP contribution in [0.1, 0.15) is 31.1 Å². The van der Waals surface area contributed by atoms with Crippen LogP contribution < -0.4 is 10.1 Å². The molecule has 0 aliphatic rings. The fraction of sp³-hybridized carbons (Fsp3) is 0.391. The Morgan fingerprint density at radius 2 is 1.70 bits per heavy atom. The average Bonchev–Trinajstić information content (AvgIpc) is 2.79. The predicted molar refractivity (Wildman–Crippen MR) is 132 cm³/mol. The molecular formula is C23H31N3O5S2. The second kappa shape index (κ2) is 12.1. The minimum Gasteiger partial charge on any atom is -0.492 e. The molecule has 0 unspecified atom stereocenters. The number of ether oxygens (including phenoxy) is 1. The monoisotopic (exact) mass is 493 g/mol. The molecule has 1 N–H and O–H groups in total. The van der Waals surface area contributed by atoms with Crippen LogP contribution >= 0.6 is 11.8 Å². The molecule has 0 heterocycles. The van der Waals surface area contributed by atoms with Crippen molar-refractivity contribution in [3.05, 3.63) is 48.0 Å². The van der Waals surface area contributed by atoms with Crippen LogP contribution in [0.3, 0.4) is 0 Å². The van der Waals surface area contributed by atoms with Crippen LogP contribution in [0.15, 0.2) is 52.3 Å². The molecule has 0 saturated heterocycles. The van der Waals surface area contributed by atoms with Gasteiger partial charge in [0.2, 0.25) is 15.9 Å². The molecule has 8 nitrogen and oxygen atoms in total. The second-order valence-corrected chi connectivity index (χ2v) is 10.1. The number of nitrogens with one attached hydrogen (secondary N) is 1. The minimum absolute atomic E-state index is 0.00471. The quantitative estimate of drug-likeness (QED) is 0.481. The fourth-order valence-electron chi connectivity index (χ4n) is 3.01. The van der Waals surface area contributed by atoms with Crippen LogP contribution in [0.5, 0.6) is 5.75 Å². The first kappa shape index (κ1) is 26.7. The summed E-state index contributed by atoms with van der Waals surface area (Å²) in [7, 11) is -0.445. The zero-order chi connectivity index (χ0) is 24.6. The number of sulfonamides is 1. The summed E-state index contributed by atoms with van der Waals surface area (Å²) in [5.74, 6) is -0.0219. The maximum absolute atomic E-state index is 13.2. The lowest BCUT2D eigenvalue weighted by Gasteiger charge is -2.21. The zero-order valence-corrected chi connectivity index (χ0v) is 21.3. The van der Waals surface area contributed by atoms with Crippen LogP contribution in [-0.2, 0) is 14.8 Å². The molecule has 0 fully saturated rings.